The maximum Gasteiger partial charge on any atom is 0.330 e. The van der Waals surface area contributed by atoms with E-state index in [0.717, 1.165) is 0 Å². The number of nitrogens with zero attached hydrogens (tertiary/aromatic N) is 1. The number of thioether (sulfide) groups is 1. The van der Waals surface area contributed by atoms with Crippen LogP contribution >= 0.6 is 11.8 Å². The summed E-state index contributed by atoms with van der Waals surface area (Å²) in [5, 5.41) is 2.41. The van der Waals surface area contributed by atoms with E-state index in [0.29, 0.717) is 5.56 Å². The van der Waals surface area contributed by atoms with Crippen LogP contribution in [0, 0.1) is 0 Å². The summed E-state index contributed by atoms with van der Waals surface area (Å²) in [4.78, 5) is 39.0. The molecule has 2 aliphatic heterocycles. The average Bonchev–Trinajstić information content (AvgIpc) is 2.92. The second kappa shape index (κ2) is 7.36. The molecule has 0 saturated carbocycles. The molecule has 144 valence electrons. The molecule has 7 nitrogen and oxygen atoms in total. The summed E-state index contributed by atoms with van der Waals surface area (Å²) in [6.45, 7) is 7.39. The molecule has 3 rings (SSSR count). The van der Waals surface area contributed by atoms with E-state index in [9.17, 15) is 14.4 Å². The van der Waals surface area contributed by atoms with Crippen molar-refractivity contribution in [3.8, 4) is 0 Å². The Morgan fingerprint density at radius 2 is 2.07 bits per heavy atom. The number of carbonyl (C=O) groups is 3. The topological polar surface area (TPSA) is 102 Å². The first-order chi connectivity index (χ1) is 12.8. The van der Waals surface area contributed by atoms with Crippen molar-refractivity contribution in [3.05, 3.63) is 48.6 Å². The van der Waals surface area contributed by atoms with Crippen LogP contribution in [-0.4, -0.2) is 51.5 Å². The summed E-state index contributed by atoms with van der Waals surface area (Å²) in [6.07, 6.45) is 1.48. The van der Waals surface area contributed by atoms with Gasteiger partial charge >= 0.3 is 5.97 Å². The highest BCUT2D eigenvalue weighted by atomic mass is 32.2. The number of nitrogens with one attached hydrogen (secondary N) is 1. The number of amides is 2. The van der Waals surface area contributed by atoms with Gasteiger partial charge in [0.15, 0.2) is 0 Å². The van der Waals surface area contributed by atoms with Crippen LogP contribution in [0.15, 0.2) is 43.0 Å². The number of ether oxygens (including phenoxy) is 1. The minimum atomic E-state index is -0.860. The maximum atomic E-state index is 12.6. The van der Waals surface area contributed by atoms with E-state index in [4.69, 9.17) is 10.5 Å². The van der Waals surface area contributed by atoms with E-state index in [-0.39, 0.29) is 17.9 Å². The molecular formula is C19H23N3O4S. The first-order valence-electron chi connectivity index (χ1n) is 8.66. The molecule has 0 aromatic heterocycles. The Kier molecular flexibility index (Phi) is 5.30. The number of nitrogens with two attached hydrogens (primary N) is 1. The Morgan fingerprint density at radius 1 is 1.41 bits per heavy atom. The molecule has 0 aliphatic carbocycles. The zero-order valence-electron chi connectivity index (χ0n) is 15.3. The molecule has 3 N–H and O–H groups in total. The lowest BCUT2D eigenvalue weighted by molar-refractivity contribution is -0.163. The number of rotatable bonds is 6. The normalized spacial score (nSPS) is 26.6. The Morgan fingerprint density at radius 3 is 2.70 bits per heavy atom. The molecule has 1 unspecified atom stereocenters. The summed E-state index contributed by atoms with van der Waals surface area (Å²) in [7, 11) is 0. The third kappa shape index (κ3) is 3.46. The van der Waals surface area contributed by atoms with Gasteiger partial charge in [-0.15, -0.1) is 11.8 Å². The minimum absolute atomic E-state index is 0.0921. The summed E-state index contributed by atoms with van der Waals surface area (Å²) in [5.41, 5.74) is 6.67. The summed E-state index contributed by atoms with van der Waals surface area (Å²) in [6, 6.07) is 6.70. The molecule has 2 fully saturated rings. The van der Waals surface area contributed by atoms with Crippen molar-refractivity contribution in [2.24, 2.45) is 5.73 Å². The lowest BCUT2D eigenvalue weighted by atomic mass is 9.95. The standard InChI is InChI=1S/C19H23N3O4S/c1-4-10-26-18(25)14-19(2,3)27-17-13(16(24)22(14)17)21-15(23)12(20)11-8-6-5-7-9-11/h4-9,12-14,17H,1,10,20H2,2-3H3,(H,21,23)/t12-,13-,14+,17?/m1/s1. The largest absolute Gasteiger partial charge is 0.460 e. The summed E-state index contributed by atoms with van der Waals surface area (Å²) in [5.74, 6) is -1.18. The van der Waals surface area contributed by atoms with Gasteiger partial charge in [0.2, 0.25) is 11.8 Å². The van der Waals surface area contributed by atoms with Gasteiger partial charge in [0.1, 0.15) is 30.1 Å². The fourth-order valence-corrected chi connectivity index (χ4v) is 5.02. The second-order valence-electron chi connectivity index (χ2n) is 7.05. The van der Waals surface area contributed by atoms with Gasteiger partial charge < -0.3 is 20.7 Å². The fourth-order valence-electron chi connectivity index (χ4n) is 3.40. The first-order valence-corrected chi connectivity index (χ1v) is 9.54. The minimum Gasteiger partial charge on any atom is -0.460 e. The van der Waals surface area contributed by atoms with Crippen molar-refractivity contribution in [1.29, 1.82) is 0 Å². The Balaban J connectivity index is 1.69. The molecule has 2 heterocycles. The van der Waals surface area contributed by atoms with Gasteiger partial charge in [0.05, 0.1) is 0 Å². The molecule has 4 atom stereocenters. The monoisotopic (exact) mass is 389 g/mol. The van der Waals surface area contributed by atoms with Crippen LogP contribution in [-0.2, 0) is 19.1 Å². The summed E-state index contributed by atoms with van der Waals surface area (Å²) < 4.78 is 4.62. The number of benzene rings is 1. The number of esters is 1. The van der Waals surface area contributed by atoms with Crippen LogP contribution < -0.4 is 11.1 Å². The third-order valence-electron chi connectivity index (χ3n) is 4.75. The molecule has 1 aromatic carbocycles. The van der Waals surface area contributed by atoms with Crippen molar-refractivity contribution in [2.45, 2.75) is 42.1 Å². The maximum absolute atomic E-state index is 12.6. The van der Waals surface area contributed by atoms with E-state index in [1.807, 2.05) is 19.9 Å². The van der Waals surface area contributed by atoms with E-state index in [1.54, 1.807) is 24.3 Å². The van der Waals surface area contributed by atoms with E-state index in [2.05, 4.69) is 11.9 Å². The summed E-state index contributed by atoms with van der Waals surface area (Å²) >= 11 is 1.47. The molecule has 8 heteroatoms. The molecule has 1 aromatic rings. The molecule has 0 spiro atoms. The van der Waals surface area contributed by atoms with Gasteiger partial charge in [-0.25, -0.2) is 4.79 Å². The molecule has 0 bridgehead atoms. The molecular weight excluding hydrogens is 366 g/mol. The van der Waals surface area contributed by atoms with Crippen LogP contribution in [0.5, 0.6) is 0 Å². The zero-order chi connectivity index (χ0) is 19.8. The average molecular weight is 389 g/mol. The van der Waals surface area contributed by atoms with Crippen LogP contribution in [0.1, 0.15) is 25.5 Å². The van der Waals surface area contributed by atoms with Gasteiger partial charge in [-0.05, 0) is 19.4 Å². The highest BCUT2D eigenvalue weighted by Gasteiger charge is 2.64. The molecule has 2 aliphatic rings. The fraction of sp³-hybridized carbons (Fsp3) is 0.421. The Hall–Kier alpha value is -2.32. The van der Waals surface area contributed by atoms with E-state index < -0.39 is 34.7 Å². The van der Waals surface area contributed by atoms with E-state index in [1.165, 1.54) is 22.7 Å². The smallest absolute Gasteiger partial charge is 0.330 e. The number of carbonyl (C=O) groups excluding carboxylic acids is 3. The first kappa shape index (κ1) is 19.4. The van der Waals surface area contributed by atoms with Gasteiger partial charge in [-0.3, -0.25) is 9.59 Å². The van der Waals surface area contributed by atoms with Gasteiger partial charge in [0, 0.05) is 4.75 Å². The molecule has 27 heavy (non-hydrogen) atoms. The SMILES string of the molecule is C=CCOC(=O)[C@@H]1N2C(=O)[C@@H](NC(=O)[C@H](N)c3ccccc3)C2SC1(C)C. The van der Waals surface area contributed by atoms with Crippen molar-refractivity contribution >= 4 is 29.5 Å². The molecule has 2 saturated heterocycles. The van der Waals surface area contributed by atoms with E-state index >= 15 is 0 Å². The van der Waals surface area contributed by atoms with Gasteiger partial charge in [-0.2, -0.15) is 0 Å². The number of hydrogen-bond acceptors (Lipinski definition) is 6. The van der Waals surface area contributed by atoms with Crippen molar-refractivity contribution in [1.82, 2.24) is 10.2 Å². The van der Waals surface area contributed by atoms with Crippen LogP contribution in [0.2, 0.25) is 0 Å². The quantitative estimate of drug-likeness (QED) is 0.427. The van der Waals surface area contributed by atoms with Crippen LogP contribution in [0.25, 0.3) is 0 Å². The van der Waals surface area contributed by atoms with Crippen molar-refractivity contribution < 1.29 is 19.1 Å². The lowest BCUT2D eigenvalue weighted by Crippen LogP contribution is -2.71. The molecule has 2 amide bonds. The van der Waals surface area contributed by atoms with Crippen molar-refractivity contribution in [2.75, 3.05) is 6.61 Å². The molecule has 0 radical (unpaired) electrons. The Bertz CT molecular complexity index is 767. The van der Waals surface area contributed by atoms with Crippen LogP contribution in [0.3, 0.4) is 0 Å². The predicted octanol–water partition coefficient (Wildman–Crippen LogP) is 0.963. The zero-order valence-corrected chi connectivity index (χ0v) is 16.1. The highest BCUT2D eigenvalue weighted by Crippen LogP contribution is 2.51. The third-order valence-corrected chi connectivity index (χ3v) is 6.32. The Labute approximate surface area is 162 Å². The van der Waals surface area contributed by atoms with Crippen LogP contribution in [0.4, 0.5) is 0 Å². The van der Waals surface area contributed by atoms with Gasteiger partial charge in [-0.1, -0.05) is 43.0 Å². The van der Waals surface area contributed by atoms with Crippen molar-refractivity contribution in [3.63, 3.8) is 0 Å². The predicted molar refractivity (Wildman–Crippen MR) is 103 cm³/mol. The lowest BCUT2D eigenvalue weighted by Gasteiger charge is -2.44. The van der Waals surface area contributed by atoms with Gasteiger partial charge in [0.25, 0.3) is 0 Å². The number of hydrogen-bond donors (Lipinski definition) is 2. The number of β-lactam (4-membered cyclic amide) rings is 1. The highest BCUT2D eigenvalue weighted by molar-refractivity contribution is 8.01. The second-order valence-corrected chi connectivity index (χ2v) is 8.82. The number of fused-ring (bicyclic) bond motifs is 1.